The molecule has 2 atom stereocenters. The highest BCUT2D eigenvalue weighted by Crippen LogP contribution is 2.34. The number of fused-ring (bicyclic) bond motifs is 2. The fraction of sp³-hybridized carbons (Fsp3) is 0.450. The highest BCUT2D eigenvalue weighted by molar-refractivity contribution is 7.11. The van der Waals surface area contributed by atoms with Crippen LogP contribution in [0.3, 0.4) is 0 Å². The van der Waals surface area contributed by atoms with Crippen molar-refractivity contribution < 1.29 is 4.79 Å². The minimum Gasteiger partial charge on any atom is -0.334 e. The number of amides is 1. The second kappa shape index (κ2) is 6.96. The van der Waals surface area contributed by atoms with E-state index in [2.05, 4.69) is 37.6 Å². The molecule has 5 rings (SSSR count). The number of piperidine rings is 1. The average molecular weight is 399 g/mol. The van der Waals surface area contributed by atoms with Gasteiger partial charge in [0.05, 0.1) is 11.7 Å². The van der Waals surface area contributed by atoms with Crippen LogP contribution in [0.25, 0.3) is 11.0 Å². The minimum absolute atomic E-state index is 0.145. The number of thiophene rings is 1. The molecule has 0 radical (unpaired) electrons. The molecule has 5 nitrogen and oxygen atoms in total. The minimum atomic E-state index is 0.145. The molecule has 0 saturated carbocycles. The standard InChI is InChI=1S/C20H22N4OS2/c1-13-2-4-16(26-13)11-23-8-6-14-7-9-24(19(14)12-23)20(25)15-3-5-17-18(10-15)22-27-21-17/h2-5,10,14,19H,6-9,11-12H2,1H3. The van der Waals surface area contributed by atoms with E-state index in [9.17, 15) is 4.79 Å². The summed E-state index contributed by atoms with van der Waals surface area (Å²) in [6.45, 7) is 6.14. The monoisotopic (exact) mass is 398 g/mol. The zero-order chi connectivity index (χ0) is 18.4. The normalized spacial score (nSPS) is 23.1. The molecule has 140 valence electrons. The molecule has 0 bridgehead atoms. The van der Waals surface area contributed by atoms with Crippen LogP contribution >= 0.6 is 23.1 Å². The molecule has 3 aromatic rings. The van der Waals surface area contributed by atoms with Gasteiger partial charge in [0.1, 0.15) is 11.0 Å². The van der Waals surface area contributed by atoms with Crippen LogP contribution in [0.15, 0.2) is 30.3 Å². The SMILES string of the molecule is Cc1ccc(CN2CCC3CCN(C(=O)c4ccc5nsnc5c4)C3C2)s1. The van der Waals surface area contributed by atoms with Crippen molar-refractivity contribution in [3.63, 3.8) is 0 Å². The van der Waals surface area contributed by atoms with Gasteiger partial charge in [0, 0.05) is 41.0 Å². The molecule has 27 heavy (non-hydrogen) atoms. The predicted molar refractivity (Wildman–Crippen MR) is 109 cm³/mol. The number of benzene rings is 1. The topological polar surface area (TPSA) is 49.3 Å². The van der Waals surface area contributed by atoms with Gasteiger partial charge in [-0.25, -0.2) is 0 Å². The van der Waals surface area contributed by atoms with Crippen LogP contribution in [0.4, 0.5) is 0 Å². The third kappa shape index (κ3) is 3.28. The van der Waals surface area contributed by atoms with E-state index in [0.29, 0.717) is 12.0 Å². The smallest absolute Gasteiger partial charge is 0.254 e. The first-order valence-electron chi connectivity index (χ1n) is 9.48. The predicted octanol–water partition coefficient (Wildman–Crippen LogP) is 3.80. The van der Waals surface area contributed by atoms with Gasteiger partial charge in [-0.2, -0.15) is 8.75 Å². The van der Waals surface area contributed by atoms with E-state index < -0.39 is 0 Å². The summed E-state index contributed by atoms with van der Waals surface area (Å²) in [5.74, 6) is 0.783. The Labute approximate surface area is 166 Å². The van der Waals surface area contributed by atoms with Crippen molar-refractivity contribution in [2.45, 2.75) is 32.4 Å². The van der Waals surface area contributed by atoms with E-state index in [1.54, 1.807) is 0 Å². The van der Waals surface area contributed by atoms with Gasteiger partial charge in [0.25, 0.3) is 5.91 Å². The summed E-state index contributed by atoms with van der Waals surface area (Å²) >= 11 is 3.07. The van der Waals surface area contributed by atoms with Crippen LogP contribution in [0.5, 0.6) is 0 Å². The van der Waals surface area contributed by atoms with Crippen molar-refractivity contribution in [1.82, 2.24) is 18.5 Å². The molecule has 2 aliphatic heterocycles. The largest absolute Gasteiger partial charge is 0.334 e. The Balaban J connectivity index is 1.33. The molecular formula is C20H22N4OS2. The van der Waals surface area contributed by atoms with Crippen molar-refractivity contribution in [3.05, 3.63) is 45.6 Å². The van der Waals surface area contributed by atoms with Crippen molar-refractivity contribution in [1.29, 1.82) is 0 Å². The molecule has 0 spiro atoms. The zero-order valence-corrected chi connectivity index (χ0v) is 16.9. The van der Waals surface area contributed by atoms with E-state index in [0.717, 1.165) is 49.2 Å². The number of hydrogen-bond donors (Lipinski definition) is 0. The van der Waals surface area contributed by atoms with Crippen molar-refractivity contribution in [3.8, 4) is 0 Å². The van der Waals surface area contributed by atoms with Crippen LogP contribution in [0.1, 0.15) is 33.0 Å². The molecule has 2 unspecified atom stereocenters. The summed E-state index contributed by atoms with van der Waals surface area (Å²) in [7, 11) is 0. The lowest BCUT2D eigenvalue weighted by atomic mass is 9.92. The first-order valence-corrected chi connectivity index (χ1v) is 11.0. The summed E-state index contributed by atoms with van der Waals surface area (Å²) < 4.78 is 8.52. The fourth-order valence-corrected chi connectivity index (χ4v) is 5.92. The lowest BCUT2D eigenvalue weighted by molar-refractivity contribution is 0.0592. The van der Waals surface area contributed by atoms with E-state index >= 15 is 0 Å². The molecule has 2 aliphatic rings. The summed E-state index contributed by atoms with van der Waals surface area (Å²) in [5.41, 5.74) is 2.42. The Morgan fingerprint density at radius 1 is 1.15 bits per heavy atom. The third-order valence-electron chi connectivity index (χ3n) is 5.88. The third-order valence-corrected chi connectivity index (χ3v) is 7.43. The summed E-state index contributed by atoms with van der Waals surface area (Å²) in [4.78, 5) is 20.6. The van der Waals surface area contributed by atoms with Gasteiger partial charge in [-0.1, -0.05) is 0 Å². The molecule has 7 heteroatoms. The van der Waals surface area contributed by atoms with Gasteiger partial charge in [-0.15, -0.1) is 11.3 Å². The second-order valence-corrected chi connectivity index (χ2v) is 9.52. The molecule has 1 amide bonds. The zero-order valence-electron chi connectivity index (χ0n) is 15.3. The van der Waals surface area contributed by atoms with Crippen LogP contribution in [-0.4, -0.2) is 50.1 Å². The van der Waals surface area contributed by atoms with Crippen LogP contribution in [0, 0.1) is 12.8 Å². The number of aryl methyl sites for hydroxylation is 1. The number of hydrogen-bond acceptors (Lipinski definition) is 6. The Morgan fingerprint density at radius 2 is 2.00 bits per heavy atom. The van der Waals surface area contributed by atoms with Gasteiger partial charge in [-0.05, 0) is 62.6 Å². The van der Waals surface area contributed by atoms with Crippen molar-refractivity contribution >= 4 is 40.0 Å². The average Bonchev–Trinajstić information content (AvgIpc) is 3.40. The fourth-order valence-electron chi connectivity index (χ4n) is 4.47. The Bertz CT molecular complexity index is 981. The highest BCUT2D eigenvalue weighted by atomic mass is 32.1. The number of likely N-dealkylation sites (tertiary alicyclic amines) is 2. The maximum atomic E-state index is 13.2. The van der Waals surface area contributed by atoms with Crippen LogP contribution < -0.4 is 0 Å². The molecular weight excluding hydrogens is 376 g/mol. The van der Waals surface area contributed by atoms with Crippen LogP contribution in [-0.2, 0) is 6.54 Å². The van der Waals surface area contributed by atoms with E-state index in [1.165, 1.54) is 27.9 Å². The number of nitrogens with zero attached hydrogens (tertiary/aromatic N) is 4. The molecule has 2 saturated heterocycles. The van der Waals surface area contributed by atoms with E-state index in [-0.39, 0.29) is 5.91 Å². The van der Waals surface area contributed by atoms with E-state index in [1.807, 2.05) is 29.5 Å². The molecule has 0 N–H and O–H groups in total. The quantitative estimate of drug-likeness (QED) is 0.673. The number of rotatable bonds is 3. The molecule has 0 aliphatic carbocycles. The summed E-state index contributed by atoms with van der Waals surface area (Å²) in [6.07, 6.45) is 2.32. The van der Waals surface area contributed by atoms with Gasteiger partial charge in [0.2, 0.25) is 0 Å². The molecule has 4 heterocycles. The summed E-state index contributed by atoms with van der Waals surface area (Å²) in [5, 5.41) is 0. The van der Waals surface area contributed by atoms with Crippen molar-refractivity contribution in [2.75, 3.05) is 19.6 Å². The Hall–Kier alpha value is -1.83. The summed E-state index contributed by atoms with van der Waals surface area (Å²) in [6, 6.07) is 10.5. The number of aromatic nitrogens is 2. The lowest BCUT2D eigenvalue weighted by Crippen LogP contribution is -2.49. The Kier molecular flexibility index (Phi) is 4.46. The molecule has 2 fully saturated rings. The number of carbonyl (C=O) groups is 1. The molecule has 2 aromatic heterocycles. The first-order chi connectivity index (χ1) is 13.2. The maximum absolute atomic E-state index is 13.2. The maximum Gasteiger partial charge on any atom is 0.254 e. The Morgan fingerprint density at radius 3 is 2.85 bits per heavy atom. The van der Waals surface area contributed by atoms with Gasteiger partial charge in [0.15, 0.2) is 0 Å². The second-order valence-electron chi connectivity index (χ2n) is 7.62. The highest BCUT2D eigenvalue weighted by Gasteiger charge is 2.40. The van der Waals surface area contributed by atoms with Gasteiger partial charge >= 0.3 is 0 Å². The van der Waals surface area contributed by atoms with Gasteiger partial charge < -0.3 is 4.90 Å². The number of carbonyl (C=O) groups excluding carboxylic acids is 1. The molecule has 1 aromatic carbocycles. The first kappa shape index (κ1) is 17.3. The van der Waals surface area contributed by atoms with E-state index in [4.69, 9.17) is 0 Å². The van der Waals surface area contributed by atoms with Crippen molar-refractivity contribution in [2.24, 2.45) is 5.92 Å². The van der Waals surface area contributed by atoms with Gasteiger partial charge in [-0.3, -0.25) is 9.69 Å². The van der Waals surface area contributed by atoms with Crippen LogP contribution in [0.2, 0.25) is 0 Å². The lowest BCUT2D eigenvalue weighted by Gasteiger charge is -2.38.